The summed E-state index contributed by atoms with van der Waals surface area (Å²) < 4.78 is 41.6. The number of benzene rings is 2. The molecule has 1 unspecified atom stereocenters. The number of nitrogens with zero attached hydrogens (tertiary/aromatic N) is 3. The van der Waals surface area contributed by atoms with E-state index < -0.39 is 23.7 Å². The van der Waals surface area contributed by atoms with Crippen molar-refractivity contribution in [2.24, 2.45) is 0 Å². The topological polar surface area (TPSA) is 67.8 Å². The summed E-state index contributed by atoms with van der Waals surface area (Å²) in [6, 6.07) is 14.3. The summed E-state index contributed by atoms with van der Waals surface area (Å²) >= 11 is 6.11. The van der Waals surface area contributed by atoms with Crippen molar-refractivity contribution >= 4 is 39.1 Å². The first-order valence-electron chi connectivity index (χ1n) is 10.5. The largest absolute Gasteiger partial charge is 0.418 e. The average Bonchev–Trinajstić information content (AvgIpc) is 2.86. The van der Waals surface area contributed by atoms with Crippen LogP contribution in [-0.2, 0) is 6.18 Å². The molecule has 0 fully saturated rings. The standard InChI is InChI=1S/C26H16ClF3N4O/c27-20-6-5-18-14-33-22(12-19(18)11-20)24(23-21(26(28,29)30)2-1-8-32-23)34-25(35)16-3-4-17-13-31-9-7-15(17)10-16/h1-14,24H,(H,34,35). The molecule has 0 saturated carbocycles. The van der Waals surface area contributed by atoms with Crippen LogP contribution in [0.5, 0.6) is 0 Å². The molecule has 1 amide bonds. The number of carbonyl (C=O) groups is 1. The fourth-order valence-electron chi connectivity index (χ4n) is 3.90. The van der Waals surface area contributed by atoms with Crippen LogP contribution in [0, 0.1) is 0 Å². The zero-order chi connectivity index (χ0) is 24.6. The zero-order valence-corrected chi connectivity index (χ0v) is 18.7. The first kappa shape index (κ1) is 22.7. The van der Waals surface area contributed by atoms with E-state index in [1.807, 2.05) is 0 Å². The van der Waals surface area contributed by atoms with Gasteiger partial charge in [-0.3, -0.25) is 19.7 Å². The molecule has 3 heterocycles. The quantitative estimate of drug-likeness (QED) is 0.316. The van der Waals surface area contributed by atoms with Crippen molar-refractivity contribution < 1.29 is 18.0 Å². The normalized spacial score (nSPS) is 12.6. The van der Waals surface area contributed by atoms with E-state index in [4.69, 9.17) is 11.6 Å². The van der Waals surface area contributed by atoms with Crippen LogP contribution in [0.2, 0.25) is 5.02 Å². The van der Waals surface area contributed by atoms with Crippen LogP contribution >= 0.6 is 11.6 Å². The first-order valence-corrected chi connectivity index (χ1v) is 10.9. The molecule has 9 heteroatoms. The molecular weight excluding hydrogens is 477 g/mol. The van der Waals surface area contributed by atoms with E-state index in [-0.39, 0.29) is 17.0 Å². The number of hydrogen-bond acceptors (Lipinski definition) is 4. The number of alkyl halides is 3. The third kappa shape index (κ3) is 4.65. The number of rotatable bonds is 4. The maximum atomic E-state index is 13.9. The Labute approximate surface area is 202 Å². The van der Waals surface area contributed by atoms with Crippen molar-refractivity contribution in [3.8, 4) is 0 Å². The third-order valence-electron chi connectivity index (χ3n) is 5.60. The molecule has 2 aromatic carbocycles. The monoisotopic (exact) mass is 492 g/mol. The SMILES string of the molecule is O=C(NC(c1cc2cc(Cl)ccc2cn1)c1ncccc1C(F)(F)F)c1ccc2cnccc2c1. The minimum Gasteiger partial charge on any atom is -0.338 e. The summed E-state index contributed by atoms with van der Waals surface area (Å²) in [5.74, 6) is -0.569. The van der Waals surface area contributed by atoms with Gasteiger partial charge in [-0.05, 0) is 59.3 Å². The van der Waals surface area contributed by atoms with Crippen molar-refractivity contribution in [3.05, 3.63) is 113 Å². The van der Waals surface area contributed by atoms with Crippen LogP contribution < -0.4 is 5.32 Å². The van der Waals surface area contributed by atoms with Crippen molar-refractivity contribution in [1.29, 1.82) is 0 Å². The number of fused-ring (bicyclic) bond motifs is 2. The summed E-state index contributed by atoms with van der Waals surface area (Å²) in [6.45, 7) is 0. The molecule has 5 nitrogen and oxygen atoms in total. The van der Waals surface area contributed by atoms with Gasteiger partial charge in [0.1, 0.15) is 6.04 Å². The van der Waals surface area contributed by atoms with E-state index in [9.17, 15) is 18.0 Å². The number of hydrogen-bond donors (Lipinski definition) is 1. The van der Waals surface area contributed by atoms with E-state index in [1.54, 1.807) is 60.9 Å². The van der Waals surface area contributed by atoms with Gasteiger partial charge in [-0.15, -0.1) is 0 Å². The Morgan fingerprint density at radius 1 is 0.857 bits per heavy atom. The first-order chi connectivity index (χ1) is 16.8. The fourth-order valence-corrected chi connectivity index (χ4v) is 4.08. The average molecular weight is 493 g/mol. The Balaban J connectivity index is 1.62. The molecule has 5 aromatic rings. The Kier molecular flexibility index (Phi) is 5.82. The van der Waals surface area contributed by atoms with E-state index in [1.165, 1.54) is 18.5 Å². The molecule has 3 aromatic heterocycles. The molecule has 0 spiro atoms. The van der Waals surface area contributed by atoms with Crippen molar-refractivity contribution in [2.75, 3.05) is 0 Å². The van der Waals surface area contributed by atoms with Gasteiger partial charge >= 0.3 is 6.18 Å². The van der Waals surface area contributed by atoms with Gasteiger partial charge in [0.25, 0.3) is 5.91 Å². The molecule has 0 radical (unpaired) electrons. The summed E-state index contributed by atoms with van der Waals surface area (Å²) in [5, 5.41) is 6.21. The molecule has 1 N–H and O–H groups in total. The lowest BCUT2D eigenvalue weighted by atomic mass is 10.0. The number of amides is 1. The van der Waals surface area contributed by atoms with E-state index in [0.29, 0.717) is 10.4 Å². The second-order valence-corrected chi connectivity index (χ2v) is 8.32. The highest BCUT2D eigenvalue weighted by molar-refractivity contribution is 6.31. The van der Waals surface area contributed by atoms with Gasteiger partial charge in [-0.1, -0.05) is 23.7 Å². The van der Waals surface area contributed by atoms with Crippen LogP contribution in [0.4, 0.5) is 13.2 Å². The molecule has 0 aliphatic carbocycles. The summed E-state index contributed by atoms with van der Waals surface area (Å²) in [4.78, 5) is 25.7. The summed E-state index contributed by atoms with van der Waals surface area (Å²) in [5.41, 5.74) is -0.834. The van der Waals surface area contributed by atoms with Gasteiger partial charge < -0.3 is 5.32 Å². The number of aromatic nitrogens is 3. The minimum atomic E-state index is -4.68. The molecule has 1 atom stereocenters. The molecule has 174 valence electrons. The summed E-state index contributed by atoms with van der Waals surface area (Å²) in [6.07, 6.45) is 1.36. The predicted octanol–water partition coefficient (Wildman–Crippen LogP) is 6.37. The lowest BCUT2D eigenvalue weighted by Gasteiger charge is -2.22. The third-order valence-corrected chi connectivity index (χ3v) is 5.83. The van der Waals surface area contributed by atoms with Crippen molar-refractivity contribution in [3.63, 3.8) is 0 Å². The molecular formula is C26H16ClF3N4O. The van der Waals surface area contributed by atoms with Crippen LogP contribution in [0.3, 0.4) is 0 Å². The second-order valence-electron chi connectivity index (χ2n) is 7.88. The highest BCUT2D eigenvalue weighted by atomic mass is 35.5. The fraction of sp³-hybridized carbons (Fsp3) is 0.0769. The van der Waals surface area contributed by atoms with E-state index in [0.717, 1.165) is 22.2 Å². The molecule has 0 bridgehead atoms. The molecule has 35 heavy (non-hydrogen) atoms. The maximum Gasteiger partial charge on any atom is 0.418 e. The van der Waals surface area contributed by atoms with Gasteiger partial charge in [0.15, 0.2) is 0 Å². The molecule has 0 aliphatic heterocycles. The lowest BCUT2D eigenvalue weighted by Crippen LogP contribution is -2.32. The van der Waals surface area contributed by atoms with Gasteiger partial charge in [-0.2, -0.15) is 13.2 Å². The Hall–Kier alpha value is -4.04. The van der Waals surface area contributed by atoms with Crippen LogP contribution in [-0.4, -0.2) is 20.9 Å². The van der Waals surface area contributed by atoms with Gasteiger partial charge in [0, 0.05) is 46.1 Å². The predicted molar refractivity (Wildman–Crippen MR) is 127 cm³/mol. The van der Waals surface area contributed by atoms with Crippen molar-refractivity contribution in [1.82, 2.24) is 20.3 Å². The van der Waals surface area contributed by atoms with Crippen LogP contribution in [0.15, 0.2) is 85.5 Å². The van der Waals surface area contributed by atoms with Crippen LogP contribution in [0.25, 0.3) is 21.5 Å². The molecule has 5 rings (SSSR count). The number of pyridine rings is 3. The molecule has 0 saturated heterocycles. The Morgan fingerprint density at radius 3 is 2.49 bits per heavy atom. The van der Waals surface area contributed by atoms with E-state index in [2.05, 4.69) is 20.3 Å². The smallest absolute Gasteiger partial charge is 0.338 e. The zero-order valence-electron chi connectivity index (χ0n) is 17.9. The van der Waals surface area contributed by atoms with Crippen molar-refractivity contribution in [2.45, 2.75) is 12.2 Å². The Bertz CT molecular complexity index is 1570. The number of halogens is 4. The Morgan fingerprint density at radius 2 is 1.66 bits per heavy atom. The lowest BCUT2D eigenvalue weighted by molar-refractivity contribution is -0.138. The number of carbonyl (C=O) groups excluding carboxylic acids is 1. The second kappa shape index (κ2) is 8.96. The molecule has 0 aliphatic rings. The van der Waals surface area contributed by atoms with Gasteiger partial charge in [-0.25, -0.2) is 0 Å². The highest BCUT2D eigenvalue weighted by Gasteiger charge is 2.37. The number of nitrogens with one attached hydrogen (secondary N) is 1. The van der Waals surface area contributed by atoms with E-state index >= 15 is 0 Å². The van der Waals surface area contributed by atoms with Gasteiger partial charge in [0.2, 0.25) is 0 Å². The van der Waals surface area contributed by atoms with Gasteiger partial charge in [0.05, 0.1) is 17.0 Å². The highest BCUT2D eigenvalue weighted by Crippen LogP contribution is 2.36. The summed E-state index contributed by atoms with van der Waals surface area (Å²) in [7, 11) is 0. The van der Waals surface area contributed by atoms with Crippen LogP contribution in [0.1, 0.15) is 33.4 Å². The minimum absolute atomic E-state index is 0.197. The maximum absolute atomic E-state index is 13.9.